The Morgan fingerprint density at radius 3 is 2.58 bits per heavy atom. The molecule has 1 heterocycles. The number of rotatable bonds is 4. The van der Waals surface area contributed by atoms with E-state index in [-0.39, 0.29) is 0 Å². The van der Waals surface area contributed by atoms with Gasteiger partial charge in [0, 0.05) is 33.2 Å². The van der Waals surface area contributed by atoms with Crippen LogP contribution in [0.15, 0.2) is 18.2 Å². The Morgan fingerprint density at radius 2 is 2.00 bits per heavy atom. The SMILES string of the molecule is COc1cc(C(O)C2(OC)CCOCC2)ccc1Cl. The molecule has 1 aromatic rings. The number of halogens is 1. The molecule has 0 saturated carbocycles. The summed E-state index contributed by atoms with van der Waals surface area (Å²) in [6, 6.07) is 5.27. The van der Waals surface area contributed by atoms with Crippen LogP contribution in [-0.2, 0) is 9.47 Å². The summed E-state index contributed by atoms with van der Waals surface area (Å²) in [6.45, 7) is 1.19. The maximum absolute atomic E-state index is 10.6. The first-order valence-corrected chi connectivity index (χ1v) is 6.65. The van der Waals surface area contributed by atoms with Crippen LogP contribution in [0.2, 0.25) is 5.02 Å². The Balaban J connectivity index is 2.28. The molecule has 0 bridgehead atoms. The number of aliphatic hydroxyl groups is 1. The third kappa shape index (κ3) is 2.87. The van der Waals surface area contributed by atoms with E-state index in [1.165, 1.54) is 0 Å². The van der Waals surface area contributed by atoms with Gasteiger partial charge in [-0.3, -0.25) is 0 Å². The fourth-order valence-electron chi connectivity index (χ4n) is 2.46. The zero-order chi connectivity index (χ0) is 13.9. The molecule has 1 aliphatic rings. The van der Waals surface area contributed by atoms with Gasteiger partial charge in [0.15, 0.2) is 0 Å². The molecule has 19 heavy (non-hydrogen) atoms. The van der Waals surface area contributed by atoms with Gasteiger partial charge < -0.3 is 19.3 Å². The maximum atomic E-state index is 10.6. The van der Waals surface area contributed by atoms with Crippen molar-refractivity contribution in [3.05, 3.63) is 28.8 Å². The predicted molar refractivity (Wildman–Crippen MR) is 72.8 cm³/mol. The zero-order valence-corrected chi connectivity index (χ0v) is 11.9. The lowest BCUT2D eigenvalue weighted by Gasteiger charge is -2.39. The number of hydrogen-bond acceptors (Lipinski definition) is 4. The van der Waals surface area contributed by atoms with Gasteiger partial charge >= 0.3 is 0 Å². The first kappa shape index (κ1) is 14.6. The van der Waals surface area contributed by atoms with Crippen LogP contribution in [0.1, 0.15) is 24.5 Å². The van der Waals surface area contributed by atoms with Gasteiger partial charge in [-0.2, -0.15) is 0 Å². The highest BCUT2D eigenvalue weighted by molar-refractivity contribution is 6.32. The molecule has 0 aromatic heterocycles. The average molecular weight is 287 g/mol. The van der Waals surface area contributed by atoms with E-state index in [4.69, 9.17) is 25.8 Å². The van der Waals surface area contributed by atoms with Gasteiger partial charge in [0.25, 0.3) is 0 Å². The lowest BCUT2D eigenvalue weighted by atomic mass is 9.84. The van der Waals surface area contributed by atoms with Crippen LogP contribution in [0, 0.1) is 0 Å². The van der Waals surface area contributed by atoms with Crippen molar-refractivity contribution >= 4 is 11.6 Å². The fourth-order valence-corrected chi connectivity index (χ4v) is 2.65. The summed E-state index contributed by atoms with van der Waals surface area (Å²) in [5, 5.41) is 11.2. The van der Waals surface area contributed by atoms with Gasteiger partial charge in [0.05, 0.1) is 12.1 Å². The molecule has 5 heteroatoms. The number of ether oxygens (including phenoxy) is 3. The quantitative estimate of drug-likeness (QED) is 0.924. The van der Waals surface area contributed by atoms with Gasteiger partial charge in [-0.25, -0.2) is 0 Å². The Kier molecular flexibility index (Phi) is 4.68. The highest BCUT2D eigenvalue weighted by Crippen LogP contribution is 2.39. The minimum atomic E-state index is -0.729. The van der Waals surface area contributed by atoms with Crippen molar-refractivity contribution < 1.29 is 19.3 Å². The molecule has 2 rings (SSSR count). The molecular weight excluding hydrogens is 268 g/mol. The second-order valence-electron chi connectivity index (χ2n) is 4.68. The summed E-state index contributed by atoms with van der Waals surface area (Å²) in [4.78, 5) is 0. The molecule has 1 saturated heterocycles. The van der Waals surface area contributed by atoms with Gasteiger partial charge in [-0.05, 0) is 17.7 Å². The van der Waals surface area contributed by atoms with Crippen molar-refractivity contribution in [1.29, 1.82) is 0 Å². The van der Waals surface area contributed by atoms with E-state index in [0.29, 0.717) is 36.8 Å². The van der Waals surface area contributed by atoms with Crippen molar-refractivity contribution in [2.45, 2.75) is 24.5 Å². The molecule has 1 aliphatic heterocycles. The van der Waals surface area contributed by atoms with E-state index in [2.05, 4.69) is 0 Å². The molecule has 0 aliphatic carbocycles. The third-order valence-electron chi connectivity index (χ3n) is 3.73. The lowest BCUT2D eigenvalue weighted by Crippen LogP contribution is -2.43. The molecule has 1 unspecified atom stereocenters. The van der Waals surface area contributed by atoms with Gasteiger partial charge in [-0.15, -0.1) is 0 Å². The largest absolute Gasteiger partial charge is 0.495 e. The Labute approximate surface area is 118 Å². The summed E-state index contributed by atoms with van der Waals surface area (Å²) >= 11 is 6.00. The van der Waals surface area contributed by atoms with Crippen LogP contribution >= 0.6 is 11.6 Å². The number of hydrogen-bond donors (Lipinski definition) is 1. The van der Waals surface area contributed by atoms with Crippen molar-refractivity contribution in [3.8, 4) is 5.75 Å². The summed E-state index contributed by atoms with van der Waals surface area (Å²) in [5.41, 5.74) is 0.141. The topological polar surface area (TPSA) is 47.9 Å². The van der Waals surface area contributed by atoms with Crippen LogP contribution in [-0.4, -0.2) is 38.1 Å². The Morgan fingerprint density at radius 1 is 1.32 bits per heavy atom. The number of aliphatic hydroxyl groups excluding tert-OH is 1. The average Bonchev–Trinajstić information content (AvgIpc) is 2.47. The molecule has 1 aromatic carbocycles. The summed E-state index contributed by atoms with van der Waals surface area (Å²) in [6.07, 6.45) is 0.596. The maximum Gasteiger partial charge on any atom is 0.137 e. The Hall–Kier alpha value is -0.810. The second-order valence-corrected chi connectivity index (χ2v) is 5.08. The third-order valence-corrected chi connectivity index (χ3v) is 4.05. The van der Waals surface area contributed by atoms with E-state index in [1.54, 1.807) is 32.4 Å². The summed E-state index contributed by atoms with van der Waals surface area (Å²) in [5.74, 6) is 0.552. The first-order valence-electron chi connectivity index (χ1n) is 6.27. The van der Waals surface area contributed by atoms with Gasteiger partial charge in [0.1, 0.15) is 17.5 Å². The second kappa shape index (κ2) is 6.09. The Bertz CT molecular complexity index is 429. The number of methoxy groups -OCH3 is 2. The van der Waals surface area contributed by atoms with Crippen molar-refractivity contribution in [2.75, 3.05) is 27.4 Å². The highest BCUT2D eigenvalue weighted by atomic mass is 35.5. The standard InChI is InChI=1S/C14H19ClO4/c1-17-12-9-10(3-4-11(12)15)13(16)14(18-2)5-7-19-8-6-14/h3-4,9,13,16H,5-8H2,1-2H3. The molecule has 106 valence electrons. The fraction of sp³-hybridized carbons (Fsp3) is 0.571. The van der Waals surface area contributed by atoms with E-state index < -0.39 is 11.7 Å². The smallest absolute Gasteiger partial charge is 0.137 e. The van der Waals surface area contributed by atoms with E-state index >= 15 is 0 Å². The van der Waals surface area contributed by atoms with Gasteiger partial charge in [-0.1, -0.05) is 17.7 Å². The predicted octanol–water partition coefficient (Wildman–Crippen LogP) is 2.58. The first-order chi connectivity index (χ1) is 9.13. The minimum absolute atomic E-state index is 0.525. The summed E-state index contributed by atoms with van der Waals surface area (Å²) in [7, 11) is 3.18. The lowest BCUT2D eigenvalue weighted by molar-refractivity contribution is -0.154. The van der Waals surface area contributed by atoms with Crippen LogP contribution in [0.3, 0.4) is 0 Å². The van der Waals surface area contributed by atoms with E-state index in [1.807, 2.05) is 0 Å². The monoisotopic (exact) mass is 286 g/mol. The van der Waals surface area contributed by atoms with Crippen LogP contribution in [0.5, 0.6) is 5.75 Å². The van der Waals surface area contributed by atoms with Crippen LogP contribution < -0.4 is 4.74 Å². The van der Waals surface area contributed by atoms with Crippen LogP contribution in [0.4, 0.5) is 0 Å². The highest BCUT2D eigenvalue weighted by Gasteiger charge is 2.40. The van der Waals surface area contributed by atoms with Crippen molar-refractivity contribution in [2.24, 2.45) is 0 Å². The molecule has 4 nitrogen and oxygen atoms in total. The molecule has 0 spiro atoms. The molecule has 1 N–H and O–H groups in total. The van der Waals surface area contributed by atoms with Crippen LogP contribution in [0.25, 0.3) is 0 Å². The normalized spacial score (nSPS) is 20.0. The molecule has 1 fully saturated rings. The summed E-state index contributed by atoms with van der Waals surface area (Å²) < 4.78 is 16.1. The molecule has 0 amide bonds. The molecule has 1 atom stereocenters. The van der Waals surface area contributed by atoms with Gasteiger partial charge in [0.2, 0.25) is 0 Å². The molecule has 0 radical (unpaired) electrons. The van der Waals surface area contributed by atoms with E-state index in [0.717, 1.165) is 5.56 Å². The van der Waals surface area contributed by atoms with Crippen molar-refractivity contribution in [3.63, 3.8) is 0 Å². The molecular formula is C14H19ClO4. The van der Waals surface area contributed by atoms with E-state index in [9.17, 15) is 5.11 Å². The zero-order valence-electron chi connectivity index (χ0n) is 11.2. The minimum Gasteiger partial charge on any atom is -0.495 e. The number of benzene rings is 1. The van der Waals surface area contributed by atoms with Crippen molar-refractivity contribution in [1.82, 2.24) is 0 Å².